The fraction of sp³-hybridized carbons (Fsp3) is 0.0556. The molecule has 24 heavy (non-hydrogen) atoms. The Labute approximate surface area is 154 Å². The minimum Gasteiger partial charge on any atom is -0.366 e. The zero-order valence-corrected chi connectivity index (χ0v) is 15.0. The first-order valence-electron chi connectivity index (χ1n) is 7.12. The molecule has 2 N–H and O–H groups in total. The van der Waals surface area contributed by atoms with Crippen LogP contribution < -0.4 is 5.73 Å². The van der Waals surface area contributed by atoms with Crippen LogP contribution in [-0.2, 0) is 0 Å². The highest BCUT2D eigenvalue weighted by molar-refractivity contribution is 6.35. The smallest absolute Gasteiger partial charge is 0.250 e. The average Bonchev–Trinajstić information content (AvgIpc) is 2.86. The Morgan fingerprint density at radius 3 is 2.17 bits per heavy atom. The number of halogens is 3. The van der Waals surface area contributed by atoms with E-state index in [9.17, 15) is 4.79 Å². The number of benzene rings is 2. The lowest BCUT2D eigenvalue weighted by atomic mass is 10.1. The number of amides is 1. The number of hydrogen-bond acceptors (Lipinski definition) is 1. The Morgan fingerprint density at radius 2 is 1.58 bits per heavy atom. The summed E-state index contributed by atoms with van der Waals surface area (Å²) in [6, 6.07) is 14.3. The van der Waals surface area contributed by atoms with Crippen molar-refractivity contribution < 1.29 is 4.79 Å². The molecule has 0 aliphatic rings. The van der Waals surface area contributed by atoms with Gasteiger partial charge in [-0.1, -0.05) is 46.9 Å². The number of nitrogens with zero attached hydrogens (tertiary/aromatic N) is 1. The fourth-order valence-corrected chi connectivity index (χ4v) is 3.28. The first kappa shape index (κ1) is 16.9. The Bertz CT molecular complexity index is 930. The maximum absolute atomic E-state index is 11.8. The molecule has 2 aromatic carbocycles. The Morgan fingerprint density at radius 1 is 0.958 bits per heavy atom. The predicted octanol–water partition coefficient (Wildman–Crippen LogP) is 5.51. The second kappa shape index (κ2) is 6.52. The lowest BCUT2D eigenvalue weighted by Crippen LogP contribution is -2.12. The molecule has 0 fully saturated rings. The first-order chi connectivity index (χ1) is 11.4. The number of carbonyl (C=O) groups excluding carboxylic acids is 1. The molecule has 0 bridgehead atoms. The Hall–Kier alpha value is -1.94. The molecule has 0 unspecified atom stereocenters. The van der Waals surface area contributed by atoms with Crippen molar-refractivity contribution in [3.8, 4) is 16.9 Å². The molecular weight excluding hydrogens is 367 g/mol. The molecule has 0 spiro atoms. The van der Waals surface area contributed by atoms with Crippen molar-refractivity contribution in [2.24, 2.45) is 5.73 Å². The quantitative estimate of drug-likeness (QED) is 0.640. The lowest BCUT2D eigenvalue weighted by Gasteiger charge is -2.14. The molecular formula is C18H13Cl3N2O. The van der Waals surface area contributed by atoms with Crippen molar-refractivity contribution in [2.75, 3.05) is 0 Å². The molecule has 1 aromatic heterocycles. The van der Waals surface area contributed by atoms with E-state index >= 15 is 0 Å². The van der Waals surface area contributed by atoms with Gasteiger partial charge in [0.2, 0.25) is 0 Å². The molecule has 3 rings (SSSR count). The number of hydrogen-bond donors (Lipinski definition) is 1. The maximum Gasteiger partial charge on any atom is 0.250 e. The highest BCUT2D eigenvalue weighted by atomic mass is 35.5. The van der Waals surface area contributed by atoms with Gasteiger partial charge in [0.05, 0.1) is 22.0 Å². The van der Waals surface area contributed by atoms with Crippen molar-refractivity contribution in [2.45, 2.75) is 6.92 Å². The molecule has 0 aliphatic heterocycles. The van der Waals surface area contributed by atoms with Crippen LogP contribution in [0.25, 0.3) is 16.9 Å². The largest absolute Gasteiger partial charge is 0.366 e. The summed E-state index contributed by atoms with van der Waals surface area (Å²) in [5.74, 6) is -0.494. The number of rotatable bonds is 3. The number of carbonyl (C=O) groups is 1. The van der Waals surface area contributed by atoms with Gasteiger partial charge in [0.1, 0.15) is 0 Å². The second-order valence-corrected chi connectivity index (χ2v) is 6.61. The van der Waals surface area contributed by atoms with E-state index in [2.05, 4.69) is 0 Å². The van der Waals surface area contributed by atoms with Crippen LogP contribution in [0.3, 0.4) is 0 Å². The van der Waals surface area contributed by atoms with Gasteiger partial charge in [-0.25, -0.2) is 0 Å². The highest BCUT2D eigenvalue weighted by Crippen LogP contribution is 2.34. The van der Waals surface area contributed by atoms with Crippen LogP contribution in [0.2, 0.25) is 15.1 Å². The van der Waals surface area contributed by atoms with Crippen molar-refractivity contribution in [3.63, 3.8) is 0 Å². The summed E-state index contributed by atoms with van der Waals surface area (Å²) in [5, 5.41) is 1.65. The topological polar surface area (TPSA) is 48.0 Å². The summed E-state index contributed by atoms with van der Waals surface area (Å²) in [4.78, 5) is 11.8. The summed E-state index contributed by atoms with van der Waals surface area (Å²) in [6.45, 7) is 1.82. The van der Waals surface area contributed by atoms with Crippen LogP contribution in [0, 0.1) is 6.92 Å². The Kier molecular flexibility index (Phi) is 4.59. The van der Waals surface area contributed by atoms with E-state index in [1.807, 2.05) is 29.7 Å². The number of primary amides is 1. The summed E-state index contributed by atoms with van der Waals surface area (Å²) in [5.41, 5.74) is 9.06. The van der Waals surface area contributed by atoms with Crippen molar-refractivity contribution in [1.82, 2.24) is 4.57 Å². The molecule has 122 valence electrons. The lowest BCUT2D eigenvalue weighted by molar-refractivity contribution is 0.1000. The molecule has 1 amide bonds. The van der Waals surface area contributed by atoms with Gasteiger partial charge in [-0.2, -0.15) is 0 Å². The molecule has 3 aromatic rings. The van der Waals surface area contributed by atoms with Crippen molar-refractivity contribution in [3.05, 3.63) is 74.9 Å². The second-order valence-electron chi connectivity index (χ2n) is 5.33. The third-order valence-corrected chi connectivity index (χ3v) is 4.59. The first-order valence-corrected chi connectivity index (χ1v) is 8.25. The summed E-state index contributed by atoms with van der Waals surface area (Å²) in [6.07, 6.45) is 0. The van der Waals surface area contributed by atoms with Crippen LogP contribution in [0.5, 0.6) is 0 Å². The van der Waals surface area contributed by atoms with E-state index in [1.54, 1.807) is 30.3 Å². The van der Waals surface area contributed by atoms with Crippen LogP contribution in [0.15, 0.2) is 48.5 Å². The highest BCUT2D eigenvalue weighted by Gasteiger charge is 2.19. The monoisotopic (exact) mass is 378 g/mol. The molecule has 0 atom stereocenters. The minimum atomic E-state index is -0.494. The third kappa shape index (κ3) is 3.03. The predicted molar refractivity (Wildman–Crippen MR) is 99.5 cm³/mol. The normalized spacial score (nSPS) is 10.8. The SMILES string of the molecule is Cc1c(C(N)=O)cc(-c2ccc(Cl)cc2)n1-c1ccc(Cl)cc1Cl. The van der Waals surface area contributed by atoms with Crippen molar-refractivity contribution in [1.29, 1.82) is 0 Å². The van der Waals surface area contributed by atoms with Gasteiger partial charge < -0.3 is 10.3 Å². The van der Waals surface area contributed by atoms with Gasteiger partial charge in [-0.05, 0) is 48.9 Å². The van der Waals surface area contributed by atoms with Gasteiger partial charge in [0, 0.05) is 15.7 Å². The average molecular weight is 380 g/mol. The van der Waals surface area contributed by atoms with Crippen LogP contribution in [-0.4, -0.2) is 10.5 Å². The van der Waals surface area contributed by atoms with Gasteiger partial charge in [-0.15, -0.1) is 0 Å². The molecule has 0 saturated carbocycles. The van der Waals surface area contributed by atoms with E-state index in [1.165, 1.54) is 0 Å². The Balaban J connectivity index is 2.30. The van der Waals surface area contributed by atoms with Gasteiger partial charge in [0.25, 0.3) is 5.91 Å². The summed E-state index contributed by atoms with van der Waals surface area (Å²) >= 11 is 18.3. The third-order valence-electron chi connectivity index (χ3n) is 3.80. The number of aromatic nitrogens is 1. The zero-order chi connectivity index (χ0) is 17.4. The minimum absolute atomic E-state index is 0.436. The van der Waals surface area contributed by atoms with Crippen LogP contribution in [0.4, 0.5) is 0 Å². The van der Waals surface area contributed by atoms with E-state index in [0.717, 1.165) is 16.9 Å². The van der Waals surface area contributed by atoms with Crippen LogP contribution >= 0.6 is 34.8 Å². The fourth-order valence-electron chi connectivity index (χ4n) is 2.66. The molecule has 0 aliphatic carbocycles. The molecule has 6 heteroatoms. The van der Waals surface area contributed by atoms with Gasteiger partial charge >= 0.3 is 0 Å². The molecule has 0 radical (unpaired) electrons. The van der Waals surface area contributed by atoms with E-state index in [-0.39, 0.29) is 0 Å². The standard InChI is InChI=1S/C18H13Cl3N2O/c1-10-14(18(22)24)9-17(11-2-4-12(19)5-3-11)23(10)16-7-6-13(20)8-15(16)21/h2-9H,1H3,(H2,22,24). The van der Waals surface area contributed by atoms with Crippen molar-refractivity contribution >= 4 is 40.7 Å². The molecule has 1 heterocycles. The van der Waals surface area contributed by atoms with Crippen LogP contribution in [0.1, 0.15) is 16.1 Å². The van der Waals surface area contributed by atoms with Gasteiger partial charge in [-0.3, -0.25) is 4.79 Å². The van der Waals surface area contributed by atoms with E-state index in [4.69, 9.17) is 40.5 Å². The summed E-state index contributed by atoms with van der Waals surface area (Å²) < 4.78 is 1.89. The van der Waals surface area contributed by atoms with E-state index < -0.39 is 5.91 Å². The molecule has 0 saturated heterocycles. The number of nitrogens with two attached hydrogens (primary N) is 1. The van der Waals surface area contributed by atoms with E-state index in [0.29, 0.717) is 26.3 Å². The molecule has 3 nitrogen and oxygen atoms in total. The van der Waals surface area contributed by atoms with Gasteiger partial charge in [0.15, 0.2) is 0 Å². The maximum atomic E-state index is 11.8. The summed E-state index contributed by atoms with van der Waals surface area (Å²) in [7, 11) is 0. The zero-order valence-electron chi connectivity index (χ0n) is 12.7.